The minimum atomic E-state index is -5.14. The van der Waals surface area contributed by atoms with Crippen LogP contribution in [0.4, 0.5) is 5.82 Å². The summed E-state index contributed by atoms with van der Waals surface area (Å²) in [5, 5.41) is 9.70. The van der Waals surface area contributed by atoms with Crippen molar-refractivity contribution in [2.24, 2.45) is 0 Å². The van der Waals surface area contributed by atoms with Crippen LogP contribution in [0, 0.1) is 0 Å². The second-order valence-corrected chi connectivity index (χ2v) is 5.37. The van der Waals surface area contributed by atoms with Crippen LogP contribution in [0.5, 0.6) is 0 Å². The monoisotopic (exact) mass is 305 g/mol. The molecule has 0 aliphatic carbocycles. The fraction of sp³-hybridized carbons (Fsp3) is 0.556. The average molecular weight is 305 g/mol. The van der Waals surface area contributed by atoms with E-state index >= 15 is 0 Å². The maximum atomic E-state index is 11.6. The van der Waals surface area contributed by atoms with Gasteiger partial charge in [-0.3, -0.25) is 4.57 Å². The van der Waals surface area contributed by atoms with Crippen LogP contribution >= 0.6 is 7.82 Å². The smallest absolute Gasteiger partial charge is 0.351 e. The van der Waals surface area contributed by atoms with Crippen molar-refractivity contribution in [3.63, 3.8) is 0 Å². The van der Waals surface area contributed by atoms with Gasteiger partial charge >= 0.3 is 5.69 Å². The van der Waals surface area contributed by atoms with E-state index in [0.29, 0.717) is 0 Å². The number of ether oxygens (including phenoxy) is 1. The molecule has 0 saturated carbocycles. The van der Waals surface area contributed by atoms with E-state index < -0.39 is 38.6 Å². The van der Waals surface area contributed by atoms with Crippen LogP contribution in [-0.2, 0) is 13.8 Å². The highest BCUT2D eigenvalue weighted by atomic mass is 31.2. The molecule has 1 aromatic heterocycles. The lowest BCUT2D eigenvalue weighted by Crippen LogP contribution is -2.29. The number of rotatable bonds is 4. The van der Waals surface area contributed by atoms with Gasteiger partial charge in [-0.2, -0.15) is 4.98 Å². The van der Waals surface area contributed by atoms with E-state index in [4.69, 9.17) is 10.5 Å². The molecule has 3 atom stereocenters. The van der Waals surface area contributed by atoms with E-state index in [9.17, 15) is 24.3 Å². The minimum absolute atomic E-state index is 0.0293. The molecular weight excluding hydrogens is 293 g/mol. The Morgan fingerprint density at radius 2 is 2.35 bits per heavy atom. The lowest BCUT2D eigenvalue weighted by molar-refractivity contribution is -0.343. The Bertz CT molecular complexity index is 585. The molecule has 1 aromatic rings. The van der Waals surface area contributed by atoms with E-state index in [1.54, 1.807) is 0 Å². The van der Waals surface area contributed by atoms with Gasteiger partial charge < -0.3 is 34.5 Å². The Morgan fingerprint density at radius 3 is 2.95 bits per heavy atom. The van der Waals surface area contributed by atoms with E-state index in [2.05, 4.69) is 9.51 Å². The van der Waals surface area contributed by atoms with Gasteiger partial charge in [0.15, 0.2) is 0 Å². The van der Waals surface area contributed by atoms with Crippen LogP contribution in [0.3, 0.4) is 0 Å². The summed E-state index contributed by atoms with van der Waals surface area (Å²) in [6.07, 6.45) is -1.56. The van der Waals surface area contributed by atoms with Gasteiger partial charge in [-0.25, -0.2) is 4.79 Å². The molecule has 112 valence electrons. The van der Waals surface area contributed by atoms with Crippen molar-refractivity contribution < 1.29 is 28.7 Å². The fourth-order valence-electron chi connectivity index (χ4n) is 1.85. The number of nitrogens with two attached hydrogens (primary N) is 1. The largest absolute Gasteiger partial charge is 0.790 e. The molecule has 0 spiro atoms. The summed E-state index contributed by atoms with van der Waals surface area (Å²) in [6.45, 7) is -0.612. The molecule has 0 aromatic carbocycles. The van der Waals surface area contributed by atoms with Crippen LogP contribution in [-0.4, -0.2) is 33.5 Å². The number of phosphoric acid groups is 1. The number of hydrogen-bond donors (Lipinski definition) is 2. The third-order valence-corrected chi connectivity index (χ3v) is 3.23. The summed E-state index contributed by atoms with van der Waals surface area (Å²) in [5.41, 5.74) is 4.68. The molecule has 0 radical (unpaired) electrons. The highest BCUT2D eigenvalue weighted by Crippen LogP contribution is 2.31. The Morgan fingerprint density at radius 1 is 1.65 bits per heavy atom. The molecule has 1 saturated heterocycles. The van der Waals surface area contributed by atoms with Gasteiger partial charge in [0.1, 0.15) is 18.1 Å². The topological polar surface area (TPSA) is 163 Å². The van der Waals surface area contributed by atoms with Crippen LogP contribution in [0.15, 0.2) is 17.1 Å². The van der Waals surface area contributed by atoms with Crippen LogP contribution in [0.25, 0.3) is 0 Å². The zero-order chi connectivity index (χ0) is 14.9. The predicted octanol–water partition coefficient (Wildman–Crippen LogP) is -2.68. The van der Waals surface area contributed by atoms with Gasteiger partial charge in [0, 0.05) is 12.6 Å². The summed E-state index contributed by atoms with van der Waals surface area (Å²) in [5.74, 6) is 0.0447. The van der Waals surface area contributed by atoms with E-state index in [0.717, 1.165) is 4.57 Å². The second kappa shape index (κ2) is 5.60. The quantitative estimate of drug-likeness (QED) is 0.564. The normalized spacial score (nSPS) is 26.9. The molecule has 1 aliphatic heterocycles. The lowest BCUT2D eigenvalue weighted by Gasteiger charge is -2.30. The van der Waals surface area contributed by atoms with Crippen LogP contribution in [0.2, 0.25) is 0 Å². The maximum Gasteiger partial charge on any atom is 0.351 e. The average Bonchev–Trinajstić information content (AvgIpc) is 2.67. The van der Waals surface area contributed by atoms with Crippen molar-refractivity contribution in [2.45, 2.75) is 24.9 Å². The summed E-state index contributed by atoms with van der Waals surface area (Å²) in [6, 6.07) is 1.38. The first-order chi connectivity index (χ1) is 9.26. The third kappa shape index (κ3) is 3.63. The summed E-state index contributed by atoms with van der Waals surface area (Å²) in [4.78, 5) is 35.8. The molecule has 2 rings (SSSR count). The van der Waals surface area contributed by atoms with E-state index in [1.807, 2.05) is 0 Å². The molecule has 2 heterocycles. The van der Waals surface area contributed by atoms with Gasteiger partial charge in [-0.15, -0.1) is 0 Å². The van der Waals surface area contributed by atoms with Gasteiger partial charge in [0.25, 0.3) is 0 Å². The second-order valence-electron chi connectivity index (χ2n) is 4.22. The number of nitrogens with zero attached hydrogens (tertiary/aromatic N) is 2. The van der Waals surface area contributed by atoms with Gasteiger partial charge in [0.05, 0.1) is 20.5 Å². The molecule has 0 unspecified atom stereocenters. The van der Waals surface area contributed by atoms with Crippen molar-refractivity contribution in [1.82, 2.24) is 9.55 Å². The number of aliphatic hydroxyl groups excluding tert-OH is 1. The summed E-state index contributed by atoms with van der Waals surface area (Å²) in [7, 11) is -5.14. The van der Waals surface area contributed by atoms with Gasteiger partial charge in [-0.1, -0.05) is 0 Å². The number of anilines is 1. The van der Waals surface area contributed by atoms with Gasteiger partial charge in [-0.05, 0) is 6.07 Å². The Hall–Kier alpha value is -1.29. The van der Waals surface area contributed by atoms with Crippen molar-refractivity contribution >= 4 is 13.6 Å². The standard InChI is InChI=1S/C9H14N3O7P/c10-7-1-2-12(9(14)11-7)8-3-5(13)6(19-8)4-18-20(15,16)17/h1-2,5-6,8,13H,3-4H2,(H2,10,11,14)(H2,15,16,17)/p-2/t5-,6-,8+/m0/s1. The van der Waals surface area contributed by atoms with Crippen LogP contribution in [0.1, 0.15) is 12.6 Å². The van der Waals surface area contributed by atoms with Crippen molar-refractivity contribution in [2.75, 3.05) is 12.3 Å². The maximum absolute atomic E-state index is 11.6. The number of phosphoric ester groups is 1. The van der Waals surface area contributed by atoms with E-state index in [-0.39, 0.29) is 12.2 Å². The first-order valence-electron chi connectivity index (χ1n) is 5.61. The third-order valence-electron chi connectivity index (χ3n) is 2.76. The van der Waals surface area contributed by atoms with Crippen molar-refractivity contribution in [3.05, 3.63) is 22.7 Å². The molecule has 3 N–H and O–H groups in total. The predicted molar refractivity (Wildman–Crippen MR) is 61.0 cm³/mol. The molecule has 1 fully saturated rings. The molecule has 1 aliphatic rings. The van der Waals surface area contributed by atoms with Crippen LogP contribution < -0.4 is 21.2 Å². The minimum Gasteiger partial charge on any atom is -0.790 e. The van der Waals surface area contributed by atoms with Crippen molar-refractivity contribution in [1.29, 1.82) is 0 Å². The zero-order valence-corrected chi connectivity index (χ0v) is 11.0. The Kier molecular flexibility index (Phi) is 4.23. The molecular formula is C9H12N3O7P-2. The molecule has 0 amide bonds. The molecule has 0 bridgehead atoms. The molecule has 11 heteroatoms. The first kappa shape index (κ1) is 15.1. The first-order valence-corrected chi connectivity index (χ1v) is 7.07. The molecule has 10 nitrogen and oxygen atoms in total. The Balaban J connectivity index is 2.06. The summed E-state index contributed by atoms with van der Waals surface area (Å²) >= 11 is 0. The van der Waals surface area contributed by atoms with Crippen molar-refractivity contribution in [3.8, 4) is 0 Å². The SMILES string of the molecule is Nc1ccn([C@H]2C[C@H](O)[C@H](COP(=O)([O-])[O-])O2)c(=O)n1. The Labute approximate surface area is 113 Å². The highest BCUT2D eigenvalue weighted by molar-refractivity contribution is 7.43. The number of nitrogen functional groups attached to an aromatic ring is 1. The zero-order valence-electron chi connectivity index (χ0n) is 10.1. The fourth-order valence-corrected chi connectivity index (χ4v) is 2.18. The molecule has 20 heavy (non-hydrogen) atoms. The summed E-state index contributed by atoms with van der Waals surface area (Å²) < 4.78 is 20.8. The number of aliphatic hydroxyl groups is 1. The number of aromatic nitrogens is 2. The lowest BCUT2D eigenvalue weighted by atomic mass is 10.2. The number of hydrogen-bond acceptors (Lipinski definition) is 9. The highest BCUT2D eigenvalue weighted by Gasteiger charge is 2.35. The van der Waals surface area contributed by atoms with Gasteiger partial charge in [0.2, 0.25) is 0 Å². The van der Waals surface area contributed by atoms with E-state index in [1.165, 1.54) is 12.3 Å².